The zero-order chi connectivity index (χ0) is 25.1. The normalized spacial score (nSPS) is 17.9. The number of nitrogens with zero attached hydrogens (tertiary/aromatic N) is 2. The maximum absolute atomic E-state index is 11.8. The van der Waals surface area contributed by atoms with Crippen molar-refractivity contribution < 1.29 is 5.11 Å². The Morgan fingerprint density at radius 1 is 0.750 bits per heavy atom. The number of benzene rings is 4. The number of rotatable bonds is 5. The number of hydrogen-bond acceptors (Lipinski definition) is 4. The van der Waals surface area contributed by atoms with Crippen LogP contribution in [0.15, 0.2) is 119 Å². The van der Waals surface area contributed by atoms with Crippen molar-refractivity contribution >= 4 is 69.0 Å². The van der Waals surface area contributed by atoms with Crippen LogP contribution in [-0.4, -0.2) is 34.1 Å². The highest BCUT2D eigenvalue weighted by Gasteiger charge is 2.58. The molecular formula is C29H24Cl2N2OPS+. The Hall–Kier alpha value is -2.46. The second-order valence-corrected chi connectivity index (χ2v) is 13.5. The summed E-state index contributed by atoms with van der Waals surface area (Å²) in [7, 11) is -2.46. The van der Waals surface area contributed by atoms with E-state index in [0.29, 0.717) is 21.4 Å². The van der Waals surface area contributed by atoms with Crippen LogP contribution in [0.1, 0.15) is 5.56 Å². The van der Waals surface area contributed by atoms with Crippen molar-refractivity contribution in [1.82, 2.24) is 0 Å². The van der Waals surface area contributed by atoms with Crippen LogP contribution in [0.25, 0.3) is 0 Å². The van der Waals surface area contributed by atoms with Gasteiger partial charge < -0.3 is 5.11 Å². The molecule has 0 saturated heterocycles. The van der Waals surface area contributed by atoms with Gasteiger partial charge in [-0.3, -0.25) is 0 Å². The number of aliphatic imine (C=N–C) groups is 2. The first-order valence-electron chi connectivity index (χ1n) is 11.4. The summed E-state index contributed by atoms with van der Waals surface area (Å²) in [4.78, 5) is 9.74. The standard InChI is InChI=1S/C29H24Cl2N2OPS/c1-36-29-26(28(34)32-27(33-29)24-18-17-20(30)19-25(24)31)35(21-11-5-2-6-12-21,22-13-7-3-8-14-22)23-15-9-4-10-16-23/h2-19,26,28,34H,1H3/q+1. The summed E-state index contributed by atoms with van der Waals surface area (Å²) >= 11 is 14.2. The van der Waals surface area contributed by atoms with Gasteiger partial charge in [0.15, 0.2) is 17.7 Å². The minimum absolute atomic E-state index is 0.366. The van der Waals surface area contributed by atoms with Gasteiger partial charge in [-0.15, -0.1) is 11.8 Å². The molecule has 1 heterocycles. The van der Waals surface area contributed by atoms with Gasteiger partial charge in [-0.1, -0.05) is 77.8 Å². The quantitative estimate of drug-likeness (QED) is 0.301. The summed E-state index contributed by atoms with van der Waals surface area (Å²) in [5, 5.41) is 17.1. The van der Waals surface area contributed by atoms with Gasteiger partial charge in [0.05, 0.1) is 5.02 Å². The van der Waals surface area contributed by atoms with Crippen LogP contribution in [0.4, 0.5) is 0 Å². The Morgan fingerprint density at radius 2 is 1.25 bits per heavy atom. The third-order valence-corrected chi connectivity index (χ3v) is 12.5. The lowest BCUT2D eigenvalue weighted by molar-refractivity contribution is 0.195. The molecule has 36 heavy (non-hydrogen) atoms. The Bertz CT molecular complexity index is 1320. The van der Waals surface area contributed by atoms with Crippen molar-refractivity contribution in [3.63, 3.8) is 0 Å². The number of amidine groups is 1. The first-order chi connectivity index (χ1) is 17.6. The van der Waals surface area contributed by atoms with E-state index in [1.165, 1.54) is 0 Å². The molecule has 1 aliphatic heterocycles. The zero-order valence-electron chi connectivity index (χ0n) is 19.5. The SMILES string of the molecule is CSC1=NC(c2ccc(Cl)cc2Cl)=NC(O)C1[P+](c1ccccc1)(c1ccccc1)c1ccccc1. The van der Waals surface area contributed by atoms with Crippen molar-refractivity contribution in [2.75, 3.05) is 6.26 Å². The van der Waals surface area contributed by atoms with Crippen LogP contribution in [0.2, 0.25) is 10.0 Å². The van der Waals surface area contributed by atoms with Gasteiger partial charge in [0.1, 0.15) is 28.2 Å². The first-order valence-corrected chi connectivity index (χ1v) is 15.3. The second kappa shape index (κ2) is 10.9. The highest BCUT2D eigenvalue weighted by atomic mass is 35.5. The van der Waals surface area contributed by atoms with E-state index in [0.717, 1.165) is 21.0 Å². The van der Waals surface area contributed by atoms with E-state index in [1.807, 2.05) is 24.5 Å². The van der Waals surface area contributed by atoms with Crippen LogP contribution in [0.5, 0.6) is 0 Å². The lowest BCUT2D eigenvalue weighted by Gasteiger charge is -2.37. The van der Waals surface area contributed by atoms with Crippen molar-refractivity contribution in [1.29, 1.82) is 0 Å². The largest absolute Gasteiger partial charge is 0.368 e. The van der Waals surface area contributed by atoms with E-state index in [9.17, 15) is 5.11 Å². The molecule has 0 aliphatic carbocycles. The van der Waals surface area contributed by atoms with E-state index in [2.05, 4.69) is 72.8 Å². The monoisotopic (exact) mass is 549 g/mol. The summed E-state index contributed by atoms with van der Waals surface area (Å²) in [5.74, 6) is 0.414. The average Bonchev–Trinajstić information content (AvgIpc) is 2.91. The summed E-state index contributed by atoms with van der Waals surface area (Å²) in [6, 6.07) is 36.6. The van der Waals surface area contributed by atoms with Crippen molar-refractivity contribution in [2.45, 2.75) is 11.9 Å². The molecule has 5 rings (SSSR count). The Labute approximate surface area is 226 Å². The highest BCUT2D eigenvalue weighted by molar-refractivity contribution is 8.15. The topological polar surface area (TPSA) is 45.0 Å². The molecule has 2 unspecified atom stereocenters. The predicted molar refractivity (Wildman–Crippen MR) is 159 cm³/mol. The van der Waals surface area contributed by atoms with Gasteiger partial charge in [0.25, 0.3) is 0 Å². The molecule has 3 nitrogen and oxygen atoms in total. The molecule has 0 bridgehead atoms. The molecule has 4 aromatic carbocycles. The van der Waals surface area contributed by atoms with E-state index >= 15 is 0 Å². The van der Waals surface area contributed by atoms with Gasteiger partial charge in [0, 0.05) is 10.6 Å². The molecule has 0 aromatic heterocycles. The minimum atomic E-state index is -2.46. The van der Waals surface area contributed by atoms with Crippen LogP contribution in [0.3, 0.4) is 0 Å². The van der Waals surface area contributed by atoms with Gasteiger partial charge in [-0.2, -0.15) is 0 Å². The molecule has 180 valence electrons. The maximum atomic E-state index is 11.8. The van der Waals surface area contributed by atoms with Crippen LogP contribution in [-0.2, 0) is 0 Å². The van der Waals surface area contributed by atoms with E-state index < -0.39 is 13.5 Å². The summed E-state index contributed by atoms with van der Waals surface area (Å²) in [6.45, 7) is 0. The summed E-state index contributed by atoms with van der Waals surface area (Å²) in [6.07, 6.45) is 0.973. The molecule has 1 aliphatic rings. The fraction of sp³-hybridized carbons (Fsp3) is 0.103. The van der Waals surface area contributed by atoms with Crippen molar-refractivity contribution in [2.24, 2.45) is 9.98 Å². The van der Waals surface area contributed by atoms with Gasteiger partial charge in [-0.05, 0) is 60.9 Å². The van der Waals surface area contributed by atoms with Crippen molar-refractivity contribution in [3.05, 3.63) is 125 Å². The Balaban J connectivity index is 1.78. The number of aliphatic hydroxyl groups is 1. The fourth-order valence-corrected chi connectivity index (χ4v) is 11.2. The lowest BCUT2D eigenvalue weighted by atomic mass is 10.2. The van der Waals surface area contributed by atoms with E-state index in [4.69, 9.17) is 33.2 Å². The molecule has 0 amide bonds. The lowest BCUT2D eigenvalue weighted by Crippen LogP contribution is -2.48. The van der Waals surface area contributed by atoms with Crippen LogP contribution < -0.4 is 15.9 Å². The molecule has 1 N–H and O–H groups in total. The third-order valence-electron chi connectivity index (χ3n) is 6.29. The highest BCUT2D eigenvalue weighted by Crippen LogP contribution is 2.62. The molecule has 4 aromatic rings. The fourth-order valence-electron chi connectivity index (χ4n) is 4.77. The summed E-state index contributed by atoms with van der Waals surface area (Å²) in [5.41, 5.74) is 0.280. The van der Waals surface area contributed by atoms with E-state index in [1.54, 1.807) is 30.0 Å². The molecular weight excluding hydrogens is 526 g/mol. The van der Waals surface area contributed by atoms with Crippen LogP contribution in [0, 0.1) is 0 Å². The van der Waals surface area contributed by atoms with Gasteiger partial charge in [0.2, 0.25) is 0 Å². The smallest absolute Gasteiger partial charge is 0.191 e. The summed E-state index contributed by atoms with van der Waals surface area (Å²) < 4.78 is 0. The molecule has 7 heteroatoms. The third kappa shape index (κ3) is 4.53. The Kier molecular flexibility index (Phi) is 7.62. The molecule has 0 radical (unpaired) electrons. The molecule has 2 atom stereocenters. The number of halogens is 2. The number of thioether (sulfide) groups is 1. The van der Waals surface area contributed by atoms with E-state index in [-0.39, 0.29) is 5.66 Å². The first kappa shape index (κ1) is 25.2. The van der Waals surface area contributed by atoms with Gasteiger partial charge >= 0.3 is 0 Å². The zero-order valence-corrected chi connectivity index (χ0v) is 22.7. The van der Waals surface area contributed by atoms with Crippen LogP contribution >= 0.6 is 42.2 Å². The molecule has 0 saturated carbocycles. The molecule has 0 spiro atoms. The van der Waals surface area contributed by atoms with Gasteiger partial charge in [-0.25, -0.2) is 9.98 Å². The second-order valence-electron chi connectivity index (χ2n) is 8.32. The Morgan fingerprint density at radius 3 is 1.69 bits per heavy atom. The number of hydrogen-bond donors (Lipinski definition) is 1. The van der Waals surface area contributed by atoms with Crippen molar-refractivity contribution in [3.8, 4) is 0 Å². The average molecular weight is 550 g/mol. The maximum Gasteiger partial charge on any atom is 0.191 e. The minimum Gasteiger partial charge on any atom is -0.368 e. The number of aliphatic hydroxyl groups excluding tert-OH is 1. The predicted octanol–water partition coefficient (Wildman–Crippen LogP) is 6.20. The molecule has 0 fully saturated rings.